The van der Waals surface area contributed by atoms with Gasteiger partial charge < -0.3 is 28.6 Å². The molecule has 0 aliphatic carbocycles. The van der Waals surface area contributed by atoms with E-state index in [4.69, 9.17) is 30.1 Å². The molecule has 0 radical (unpaired) electrons. The van der Waals surface area contributed by atoms with E-state index >= 15 is 0 Å². The van der Waals surface area contributed by atoms with Gasteiger partial charge in [0.1, 0.15) is 38.3 Å². The Morgan fingerprint density at radius 1 is 1.05 bits per heavy atom. The molecule has 1 amide bonds. The van der Waals surface area contributed by atoms with Crippen LogP contribution in [0.15, 0.2) is 74.1 Å². The highest BCUT2D eigenvalue weighted by atomic mass is 32.2. The summed E-state index contributed by atoms with van der Waals surface area (Å²) < 4.78 is 54.9. The number of rotatable bonds is 13. The van der Waals surface area contributed by atoms with Gasteiger partial charge >= 0.3 is 23.9 Å². The lowest BCUT2D eigenvalue weighted by Gasteiger charge is -2.38. The van der Waals surface area contributed by atoms with Crippen molar-refractivity contribution >= 4 is 34.1 Å². The van der Waals surface area contributed by atoms with E-state index in [0.717, 1.165) is 24.0 Å². The molecule has 4 atom stereocenters. The van der Waals surface area contributed by atoms with Gasteiger partial charge in [-0.05, 0) is 61.6 Å². The van der Waals surface area contributed by atoms with Crippen LogP contribution >= 0.6 is 0 Å². The normalized spacial score (nSPS) is 20.9. The van der Waals surface area contributed by atoms with Crippen molar-refractivity contribution in [1.82, 2.24) is 19.4 Å². The third-order valence-electron chi connectivity index (χ3n) is 10.0. The van der Waals surface area contributed by atoms with Crippen LogP contribution < -0.4 is 11.2 Å². The summed E-state index contributed by atoms with van der Waals surface area (Å²) in [7, 11) is -3.75. The maximum Gasteiger partial charge on any atom is 0.508 e. The highest BCUT2D eigenvalue weighted by Gasteiger charge is 2.40. The van der Waals surface area contributed by atoms with Crippen LogP contribution in [0, 0.1) is 19.3 Å². The Hall–Kier alpha value is -5.70. The Morgan fingerprint density at radius 3 is 2.56 bits per heavy atom. The highest BCUT2D eigenvalue weighted by molar-refractivity contribution is 7.95. The van der Waals surface area contributed by atoms with Crippen LogP contribution in [0.1, 0.15) is 61.1 Å². The summed E-state index contributed by atoms with van der Waals surface area (Å²) in [6, 6.07) is 13.8. The van der Waals surface area contributed by atoms with E-state index < -0.39 is 57.7 Å². The minimum absolute atomic E-state index is 0.0206. The quantitative estimate of drug-likeness (QED) is 0.150. The molecule has 2 saturated heterocycles. The number of likely N-dealkylation sites (tertiary alicyclic amines) is 1. The third-order valence-corrected chi connectivity index (χ3v) is 11.9. The zero-order valence-corrected chi connectivity index (χ0v) is 32.4. The van der Waals surface area contributed by atoms with Crippen molar-refractivity contribution in [3.8, 4) is 12.3 Å². The number of hydrogen-bond donors (Lipinski definition) is 1. The fourth-order valence-electron chi connectivity index (χ4n) is 7.11. The van der Waals surface area contributed by atoms with Crippen molar-refractivity contribution in [2.45, 2.75) is 75.4 Å². The maximum atomic E-state index is 13.5. The second kappa shape index (κ2) is 18.0. The molecule has 1 N–H and O–H groups in total. The summed E-state index contributed by atoms with van der Waals surface area (Å²) in [5.41, 5.74) is 1.24. The number of terminal acetylenes is 1. The molecule has 17 heteroatoms. The standard InChI is InChI=1S/C40H44N4O12S/c1-4-28-12-14-29(15-13-28)22-42(23-31-10-7-8-16-43(31)39(48)53-24-32-19-30-9-5-6-11-35(30)57(32,50)51)17-18-52-40(49)54-25-34-33(55-27(3)45)20-36(56-34)44-21-26(2)37(46)41-38(44)47/h1,5-6,9,11-15,19,21,31,33-34,36H,7-8,10,16-18,20,22-25H2,2-3H3,(H,41,46,47)/t31?,33-,34?,36-/m1/s1. The second-order valence-corrected chi connectivity index (χ2v) is 16.0. The van der Waals surface area contributed by atoms with E-state index in [-0.39, 0.29) is 54.2 Å². The Morgan fingerprint density at radius 2 is 1.82 bits per heavy atom. The number of amides is 1. The molecule has 0 saturated carbocycles. The number of sulfone groups is 1. The Bertz CT molecular complexity index is 2280. The first-order valence-corrected chi connectivity index (χ1v) is 20.0. The first-order chi connectivity index (χ1) is 27.3. The fraction of sp³-hybridized carbons (Fsp3) is 0.425. The minimum Gasteiger partial charge on any atom is -0.459 e. The van der Waals surface area contributed by atoms with Crippen molar-refractivity contribution in [2.24, 2.45) is 0 Å². The zero-order chi connectivity index (χ0) is 40.7. The molecule has 1 aromatic heterocycles. The molecule has 3 aliphatic heterocycles. The molecule has 2 fully saturated rings. The average Bonchev–Trinajstić information content (AvgIpc) is 3.70. The summed E-state index contributed by atoms with van der Waals surface area (Å²) >= 11 is 0. The summed E-state index contributed by atoms with van der Waals surface area (Å²) in [6.45, 7) is 3.43. The number of nitrogens with zero attached hydrogens (tertiary/aromatic N) is 3. The lowest BCUT2D eigenvalue weighted by molar-refractivity contribution is -0.150. The van der Waals surface area contributed by atoms with Gasteiger partial charge in [-0.25, -0.2) is 22.8 Å². The third kappa shape index (κ3) is 10.0. The lowest BCUT2D eigenvalue weighted by Crippen LogP contribution is -2.50. The number of H-pyrrole nitrogens is 1. The molecule has 0 bridgehead atoms. The summed E-state index contributed by atoms with van der Waals surface area (Å²) in [5.74, 6) is 2.00. The van der Waals surface area contributed by atoms with Gasteiger partial charge in [0.05, 0.1) is 9.80 Å². The molecular weight excluding hydrogens is 761 g/mol. The van der Waals surface area contributed by atoms with Crippen LogP contribution in [-0.2, 0) is 44.9 Å². The van der Waals surface area contributed by atoms with Gasteiger partial charge in [0, 0.05) is 62.9 Å². The van der Waals surface area contributed by atoms with Crippen LogP contribution in [0.2, 0.25) is 0 Å². The number of aromatic amines is 1. The Balaban J connectivity index is 1.06. The molecule has 2 aromatic carbocycles. The monoisotopic (exact) mass is 804 g/mol. The number of benzene rings is 2. The van der Waals surface area contributed by atoms with E-state index in [9.17, 15) is 32.4 Å². The summed E-state index contributed by atoms with van der Waals surface area (Å²) in [5, 5.41) is 0. The Labute approximate surface area is 329 Å². The molecule has 57 heavy (non-hydrogen) atoms. The first kappa shape index (κ1) is 40.9. The lowest BCUT2D eigenvalue weighted by atomic mass is 10.0. The maximum absolute atomic E-state index is 13.5. The van der Waals surface area contributed by atoms with Crippen LogP contribution in [-0.4, -0.2) is 104 Å². The van der Waals surface area contributed by atoms with Gasteiger partial charge in [-0.2, -0.15) is 0 Å². The van der Waals surface area contributed by atoms with E-state index in [1.165, 1.54) is 36.8 Å². The highest BCUT2D eigenvalue weighted by Crippen LogP contribution is 2.33. The molecule has 3 aromatic rings. The first-order valence-electron chi connectivity index (χ1n) is 18.5. The van der Waals surface area contributed by atoms with Crippen molar-refractivity contribution in [1.29, 1.82) is 0 Å². The second-order valence-electron chi connectivity index (χ2n) is 14.0. The number of piperidine rings is 1. The Kier molecular flexibility index (Phi) is 13.0. The number of aromatic nitrogens is 2. The molecule has 16 nitrogen and oxygen atoms in total. The molecule has 0 spiro atoms. The van der Waals surface area contributed by atoms with Crippen LogP contribution in [0.3, 0.4) is 0 Å². The number of carbonyl (C=O) groups is 3. The van der Waals surface area contributed by atoms with Gasteiger partial charge in [-0.15, -0.1) is 6.42 Å². The van der Waals surface area contributed by atoms with Crippen molar-refractivity contribution in [3.63, 3.8) is 0 Å². The van der Waals surface area contributed by atoms with Gasteiger partial charge in [0.15, 0.2) is 0 Å². The summed E-state index contributed by atoms with van der Waals surface area (Å²) in [4.78, 5) is 68.5. The minimum atomic E-state index is -3.75. The van der Waals surface area contributed by atoms with Gasteiger partial charge in [0.2, 0.25) is 9.84 Å². The van der Waals surface area contributed by atoms with Crippen LogP contribution in [0.5, 0.6) is 0 Å². The average molecular weight is 805 g/mol. The number of carbonyl (C=O) groups excluding carboxylic acids is 3. The number of ether oxygens (including phenoxy) is 5. The smallest absolute Gasteiger partial charge is 0.459 e. The van der Waals surface area contributed by atoms with Crippen molar-refractivity contribution in [2.75, 3.05) is 39.5 Å². The SMILES string of the molecule is C#Cc1ccc(CN(CCOC(=O)OCC2O[C@@H](n3cc(C)c(=O)[nH]c3=O)C[C@H]2OC(C)=O)CC2CCCCN2C(=O)OCC2=Cc3ccccc3S2(=O)=O)cc1. The molecular formula is C40H44N4O12S. The van der Waals surface area contributed by atoms with Gasteiger partial charge in [0.25, 0.3) is 5.56 Å². The predicted octanol–water partition coefficient (Wildman–Crippen LogP) is 3.52. The largest absolute Gasteiger partial charge is 0.508 e. The van der Waals surface area contributed by atoms with E-state index in [0.29, 0.717) is 31.6 Å². The number of aryl methyl sites for hydroxylation is 1. The topological polar surface area (TPSA) is 193 Å². The summed E-state index contributed by atoms with van der Waals surface area (Å²) in [6.07, 6.45) is 6.50. The van der Waals surface area contributed by atoms with Gasteiger partial charge in [-0.1, -0.05) is 36.3 Å². The van der Waals surface area contributed by atoms with E-state index in [1.807, 2.05) is 29.2 Å². The molecule has 4 heterocycles. The molecule has 3 aliphatic rings. The molecule has 6 rings (SSSR count). The number of esters is 1. The van der Waals surface area contributed by atoms with E-state index in [1.54, 1.807) is 23.1 Å². The van der Waals surface area contributed by atoms with Crippen LogP contribution in [0.4, 0.5) is 9.59 Å². The van der Waals surface area contributed by atoms with Crippen LogP contribution in [0.25, 0.3) is 6.08 Å². The molecule has 2 unspecified atom stereocenters. The number of fused-ring (bicyclic) bond motifs is 1. The fourth-order valence-corrected chi connectivity index (χ4v) is 8.58. The van der Waals surface area contributed by atoms with Gasteiger partial charge in [-0.3, -0.25) is 24.0 Å². The van der Waals surface area contributed by atoms with Crippen molar-refractivity contribution in [3.05, 3.63) is 103 Å². The zero-order valence-electron chi connectivity index (χ0n) is 31.6. The van der Waals surface area contributed by atoms with E-state index in [2.05, 4.69) is 10.9 Å². The molecule has 302 valence electrons. The number of nitrogens with one attached hydrogen (secondary N) is 1. The van der Waals surface area contributed by atoms with Crippen molar-refractivity contribution < 1.29 is 46.5 Å². The number of hydrogen-bond acceptors (Lipinski definition) is 13. The predicted molar refractivity (Wildman–Crippen MR) is 204 cm³/mol.